The molecule has 0 aliphatic carbocycles. The van der Waals surface area contributed by atoms with Crippen LogP contribution in [-0.2, 0) is 4.74 Å². The summed E-state index contributed by atoms with van der Waals surface area (Å²) in [6.07, 6.45) is -5.12. The molecule has 1 unspecified atom stereocenters. The molecule has 0 bridgehead atoms. The number of hydrogen-bond donors (Lipinski definition) is 1. The van der Waals surface area contributed by atoms with E-state index in [1.165, 1.54) is 19.1 Å². The monoisotopic (exact) mass is 491 g/mol. The van der Waals surface area contributed by atoms with E-state index in [0.29, 0.717) is 6.07 Å². The molecule has 3 rings (SSSR count). The summed E-state index contributed by atoms with van der Waals surface area (Å²) in [7, 11) is 0. The third-order valence-electron chi connectivity index (χ3n) is 4.42. The Balaban J connectivity index is 1.98. The van der Waals surface area contributed by atoms with Crippen LogP contribution in [0.1, 0.15) is 13.3 Å². The van der Waals surface area contributed by atoms with Gasteiger partial charge < -0.3 is 10.1 Å². The smallest absolute Gasteiger partial charge is 0.405 e. The number of halogens is 6. The van der Waals surface area contributed by atoms with Crippen LogP contribution in [0.25, 0.3) is 16.7 Å². The molecule has 0 saturated heterocycles. The molecule has 0 aliphatic heterocycles. The molecule has 1 aromatic carbocycles. The summed E-state index contributed by atoms with van der Waals surface area (Å²) >= 11 is 5.89. The first-order valence-corrected chi connectivity index (χ1v) is 9.72. The van der Waals surface area contributed by atoms with Crippen molar-refractivity contribution in [3.63, 3.8) is 0 Å². The SMILES string of the molecule is CCC(COC(F)(F)F)NC(=O)Oc1cn(-c2ccc(F)cc2F)c2nc(Cl)ccc2c1=O. The largest absolute Gasteiger partial charge is 0.522 e. The first-order valence-electron chi connectivity index (χ1n) is 9.35. The molecular formula is C20H15ClF5N3O4. The molecule has 13 heteroatoms. The number of nitrogens with one attached hydrogen (secondary N) is 1. The molecule has 1 N–H and O–H groups in total. The van der Waals surface area contributed by atoms with E-state index in [-0.39, 0.29) is 28.3 Å². The van der Waals surface area contributed by atoms with Gasteiger partial charge in [-0.1, -0.05) is 18.5 Å². The lowest BCUT2D eigenvalue weighted by atomic mass is 10.2. The van der Waals surface area contributed by atoms with Gasteiger partial charge in [0.25, 0.3) is 0 Å². The van der Waals surface area contributed by atoms with Crippen molar-refractivity contribution in [2.75, 3.05) is 6.61 Å². The van der Waals surface area contributed by atoms with Crippen LogP contribution in [0.5, 0.6) is 5.75 Å². The Morgan fingerprint density at radius 3 is 2.61 bits per heavy atom. The number of hydrogen-bond acceptors (Lipinski definition) is 5. The first kappa shape index (κ1) is 24.4. The zero-order valence-corrected chi connectivity index (χ0v) is 17.5. The van der Waals surface area contributed by atoms with E-state index in [2.05, 4.69) is 15.0 Å². The second-order valence-corrected chi connectivity index (χ2v) is 7.08. The van der Waals surface area contributed by atoms with Crippen molar-refractivity contribution in [2.45, 2.75) is 25.7 Å². The van der Waals surface area contributed by atoms with E-state index < -0.39 is 47.9 Å². The fourth-order valence-corrected chi connectivity index (χ4v) is 2.98. The Morgan fingerprint density at radius 1 is 1.24 bits per heavy atom. The number of fused-ring (bicyclic) bond motifs is 1. The highest BCUT2D eigenvalue weighted by molar-refractivity contribution is 6.29. The number of benzene rings is 1. The first-order chi connectivity index (χ1) is 15.5. The normalized spacial score (nSPS) is 12.6. The summed E-state index contributed by atoms with van der Waals surface area (Å²) in [5.41, 5.74) is -1.15. The van der Waals surface area contributed by atoms with Gasteiger partial charge in [0.05, 0.1) is 29.9 Å². The number of ether oxygens (including phenoxy) is 2. The van der Waals surface area contributed by atoms with Crippen LogP contribution in [0.3, 0.4) is 0 Å². The highest BCUT2D eigenvalue weighted by Crippen LogP contribution is 2.23. The second kappa shape index (κ2) is 9.71. The lowest BCUT2D eigenvalue weighted by molar-refractivity contribution is -0.326. The molecule has 0 fully saturated rings. The Kier molecular flexibility index (Phi) is 7.18. The molecule has 2 aromatic heterocycles. The van der Waals surface area contributed by atoms with Gasteiger partial charge in [-0.05, 0) is 30.7 Å². The van der Waals surface area contributed by atoms with Crippen LogP contribution in [0.2, 0.25) is 5.15 Å². The van der Waals surface area contributed by atoms with Crippen LogP contribution >= 0.6 is 11.6 Å². The summed E-state index contributed by atoms with van der Waals surface area (Å²) in [5.74, 6) is -2.44. The topological polar surface area (TPSA) is 82.4 Å². The Hall–Kier alpha value is -3.25. The van der Waals surface area contributed by atoms with Gasteiger partial charge in [0.1, 0.15) is 22.4 Å². The van der Waals surface area contributed by atoms with E-state index in [4.69, 9.17) is 16.3 Å². The highest BCUT2D eigenvalue weighted by Gasteiger charge is 2.30. The van der Waals surface area contributed by atoms with Gasteiger partial charge in [-0.25, -0.2) is 18.6 Å². The molecule has 2 heterocycles. The van der Waals surface area contributed by atoms with Gasteiger partial charge in [0.2, 0.25) is 5.43 Å². The van der Waals surface area contributed by atoms with Gasteiger partial charge >= 0.3 is 12.5 Å². The molecule has 1 atom stereocenters. The van der Waals surface area contributed by atoms with Crippen molar-refractivity contribution >= 4 is 28.7 Å². The van der Waals surface area contributed by atoms with Crippen molar-refractivity contribution in [1.29, 1.82) is 0 Å². The van der Waals surface area contributed by atoms with E-state index in [9.17, 15) is 31.5 Å². The summed E-state index contributed by atoms with van der Waals surface area (Å²) in [4.78, 5) is 29.0. The molecule has 0 spiro atoms. The minimum atomic E-state index is -4.89. The molecule has 176 valence electrons. The van der Waals surface area contributed by atoms with Crippen molar-refractivity contribution in [3.05, 3.63) is 63.5 Å². The van der Waals surface area contributed by atoms with E-state index in [1.807, 2.05) is 0 Å². The predicted molar refractivity (Wildman–Crippen MR) is 108 cm³/mol. The minimum absolute atomic E-state index is 0.0277. The second-order valence-electron chi connectivity index (χ2n) is 6.69. The quantitative estimate of drug-likeness (QED) is 0.398. The van der Waals surface area contributed by atoms with E-state index in [1.54, 1.807) is 0 Å². The van der Waals surface area contributed by atoms with E-state index in [0.717, 1.165) is 22.9 Å². The predicted octanol–water partition coefficient (Wildman–Crippen LogP) is 4.72. The summed E-state index contributed by atoms with van der Waals surface area (Å²) in [5, 5.41) is 2.02. The molecule has 1 amide bonds. The molecule has 0 aliphatic rings. The summed E-state index contributed by atoms with van der Waals surface area (Å²) in [6, 6.07) is 4.11. The third-order valence-corrected chi connectivity index (χ3v) is 4.63. The minimum Gasteiger partial charge on any atom is -0.405 e. The van der Waals surface area contributed by atoms with Gasteiger partial charge in [0, 0.05) is 6.07 Å². The Bertz CT molecular complexity index is 1250. The summed E-state index contributed by atoms with van der Waals surface area (Å²) < 4.78 is 74.3. The van der Waals surface area contributed by atoms with Crippen LogP contribution < -0.4 is 15.5 Å². The van der Waals surface area contributed by atoms with Crippen molar-refractivity contribution in [1.82, 2.24) is 14.9 Å². The Morgan fingerprint density at radius 2 is 1.97 bits per heavy atom. The van der Waals surface area contributed by atoms with Crippen LogP contribution in [0.4, 0.5) is 26.7 Å². The number of carbonyl (C=O) groups is 1. The van der Waals surface area contributed by atoms with Crippen molar-refractivity contribution < 1.29 is 36.2 Å². The van der Waals surface area contributed by atoms with Crippen LogP contribution in [-0.4, -0.2) is 34.7 Å². The van der Waals surface area contributed by atoms with Gasteiger partial charge in [-0.2, -0.15) is 0 Å². The van der Waals surface area contributed by atoms with Crippen molar-refractivity contribution in [3.8, 4) is 11.4 Å². The lowest BCUT2D eigenvalue weighted by Gasteiger charge is -2.18. The standard InChI is InChI=1S/C20H15ClF5N3O4/c1-2-11(9-32-20(24,25)26)27-19(31)33-15-8-29(14-5-3-10(22)7-13(14)23)18-12(17(15)30)4-6-16(21)28-18/h3-8,11H,2,9H2,1H3,(H,27,31). The zero-order chi connectivity index (χ0) is 24.3. The number of carbonyl (C=O) groups excluding carboxylic acids is 1. The average molecular weight is 492 g/mol. The number of alkyl halides is 3. The molecule has 0 saturated carbocycles. The van der Waals surface area contributed by atoms with Crippen molar-refractivity contribution in [2.24, 2.45) is 0 Å². The molecule has 33 heavy (non-hydrogen) atoms. The number of aromatic nitrogens is 2. The van der Waals surface area contributed by atoms with Gasteiger partial charge in [0.15, 0.2) is 5.75 Å². The molecule has 7 nitrogen and oxygen atoms in total. The van der Waals surface area contributed by atoms with Gasteiger partial charge in [-0.15, -0.1) is 13.2 Å². The maximum atomic E-state index is 14.4. The third kappa shape index (κ3) is 5.96. The highest BCUT2D eigenvalue weighted by atomic mass is 35.5. The fourth-order valence-electron chi connectivity index (χ4n) is 2.84. The van der Waals surface area contributed by atoms with Crippen LogP contribution in [0, 0.1) is 11.6 Å². The molecule has 0 radical (unpaired) electrons. The lowest BCUT2D eigenvalue weighted by Crippen LogP contribution is -2.41. The van der Waals surface area contributed by atoms with Gasteiger partial charge in [-0.3, -0.25) is 14.1 Å². The molecular weight excluding hydrogens is 477 g/mol. The maximum absolute atomic E-state index is 14.4. The summed E-state index contributed by atoms with van der Waals surface area (Å²) in [6.45, 7) is 0.626. The van der Waals surface area contributed by atoms with E-state index >= 15 is 0 Å². The van der Waals surface area contributed by atoms with Crippen LogP contribution in [0.15, 0.2) is 41.3 Å². The zero-order valence-electron chi connectivity index (χ0n) is 16.8. The maximum Gasteiger partial charge on any atom is 0.522 e. The molecule has 3 aromatic rings. The number of pyridine rings is 2. The number of nitrogens with zero attached hydrogens (tertiary/aromatic N) is 2. The Labute approximate surface area is 187 Å². The average Bonchev–Trinajstić information content (AvgIpc) is 2.73. The number of amides is 1. The number of rotatable bonds is 6. The fraction of sp³-hybridized carbons (Fsp3) is 0.250.